The predicted molar refractivity (Wildman–Crippen MR) is 107 cm³/mol. The van der Waals surface area contributed by atoms with E-state index in [4.69, 9.17) is 0 Å². The number of hydrogen-bond acceptors (Lipinski definition) is 4. The zero-order valence-electron chi connectivity index (χ0n) is 16.6. The monoisotopic (exact) mass is 453 g/mol. The first-order valence-electron chi connectivity index (χ1n) is 10.0. The van der Waals surface area contributed by atoms with E-state index in [2.05, 4.69) is 5.32 Å². The zero-order valence-corrected chi connectivity index (χ0v) is 17.4. The maximum atomic E-state index is 14.1. The fourth-order valence-electron chi connectivity index (χ4n) is 3.74. The Morgan fingerprint density at radius 1 is 0.935 bits per heavy atom. The van der Waals surface area contributed by atoms with Crippen LogP contribution in [0.4, 0.5) is 13.2 Å². The Kier molecular flexibility index (Phi) is 6.05. The summed E-state index contributed by atoms with van der Waals surface area (Å²) in [6, 6.07) is 7.93. The molecule has 1 atom stereocenters. The average Bonchev–Trinajstić information content (AvgIpc) is 3.54. The number of halogens is 3. The summed E-state index contributed by atoms with van der Waals surface area (Å²) >= 11 is 0. The number of carbonyl (C=O) groups excluding carboxylic acids is 1. The van der Waals surface area contributed by atoms with Crippen LogP contribution in [0.3, 0.4) is 0 Å². The number of sulfonamides is 1. The Hall–Kier alpha value is -2.43. The summed E-state index contributed by atoms with van der Waals surface area (Å²) in [6.07, 6.45) is 1.81. The molecule has 10 heteroatoms. The average molecular weight is 453 g/mol. The Morgan fingerprint density at radius 2 is 1.52 bits per heavy atom. The van der Waals surface area contributed by atoms with Gasteiger partial charge in [-0.2, -0.15) is 4.31 Å². The lowest BCUT2D eigenvalue weighted by molar-refractivity contribution is -0.127. The molecule has 2 aromatic rings. The number of rotatable bonds is 6. The summed E-state index contributed by atoms with van der Waals surface area (Å²) in [7, 11) is -4.37. The summed E-state index contributed by atoms with van der Waals surface area (Å²) in [5.41, 5.74) is 0.594. The summed E-state index contributed by atoms with van der Waals surface area (Å²) in [5.74, 6) is -2.94. The molecule has 2 aromatic carbocycles. The number of nitrogens with one attached hydrogen (secondary N) is 1. The van der Waals surface area contributed by atoms with E-state index in [0.29, 0.717) is 5.56 Å². The third-order valence-corrected chi connectivity index (χ3v) is 7.46. The van der Waals surface area contributed by atoms with Crippen molar-refractivity contribution in [2.75, 3.05) is 26.2 Å². The first-order valence-corrected chi connectivity index (χ1v) is 11.5. The molecule has 1 saturated heterocycles. The second-order valence-corrected chi connectivity index (χ2v) is 9.60. The second-order valence-electron chi connectivity index (χ2n) is 7.73. The van der Waals surface area contributed by atoms with Crippen LogP contribution in [0.2, 0.25) is 0 Å². The molecule has 4 rings (SSSR count). The first-order chi connectivity index (χ1) is 14.8. The Labute approximate surface area is 178 Å². The fourth-order valence-corrected chi connectivity index (χ4v) is 5.27. The molecule has 31 heavy (non-hydrogen) atoms. The summed E-state index contributed by atoms with van der Waals surface area (Å²) in [4.78, 5) is 13.7. The molecule has 1 N–H and O–H groups in total. The Balaban J connectivity index is 1.53. The molecule has 0 aromatic heterocycles. The summed E-state index contributed by atoms with van der Waals surface area (Å²) in [5, 5.41) is 2.94. The van der Waals surface area contributed by atoms with Gasteiger partial charge in [-0.05, 0) is 42.7 Å². The van der Waals surface area contributed by atoms with Crippen LogP contribution in [0, 0.1) is 17.5 Å². The molecular formula is C21H22F3N3O3S. The normalized spacial score (nSPS) is 19.2. The van der Waals surface area contributed by atoms with Gasteiger partial charge in [-0.15, -0.1) is 0 Å². The van der Waals surface area contributed by atoms with Crippen LogP contribution in [-0.4, -0.2) is 55.8 Å². The maximum absolute atomic E-state index is 14.1. The standard InChI is InChI=1S/C21H22F3N3O3S/c22-15-6-4-14(5-7-15)19(21(28)25-16-8-9-16)26-10-12-27(13-11-26)31(29,30)20-17(23)2-1-3-18(20)24/h1-7,16,19H,8-13H2,(H,25,28). The van der Waals surface area contributed by atoms with Gasteiger partial charge in [0.25, 0.3) is 0 Å². The van der Waals surface area contributed by atoms with Crippen molar-refractivity contribution in [3.8, 4) is 0 Å². The number of benzene rings is 2. The van der Waals surface area contributed by atoms with Gasteiger partial charge in [0.05, 0.1) is 0 Å². The highest BCUT2D eigenvalue weighted by molar-refractivity contribution is 7.89. The van der Waals surface area contributed by atoms with Crippen LogP contribution in [0.25, 0.3) is 0 Å². The lowest BCUT2D eigenvalue weighted by Crippen LogP contribution is -2.52. The molecule has 0 bridgehead atoms. The molecule has 1 aliphatic carbocycles. The van der Waals surface area contributed by atoms with Crippen LogP contribution >= 0.6 is 0 Å². The number of carbonyl (C=O) groups is 1. The molecule has 1 aliphatic heterocycles. The van der Waals surface area contributed by atoms with Gasteiger partial charge < -0.3 is 5.32 Å². The SMILES string of the molecule is O=C(NC1CC1)C(c1ccc(F)cc1)N1CCN(S(=O)(=O)c2c(F)cccc2F)CC1. The van der Waals surface area contributed by atoms with E-state index in [1.165, 1.54) is 24.3 Å². The van der Waals surface area contributed by atoms with Gasteiger partial charge in [0, 0.05) is 32.2 Å². The number of hydrogen-bond donors (Lipinski definition) is 1. The molecule has 2 fully saturated rings. The first kappa shape index (κ1) is 21.8. The van der Waals surface area contributed by atoms with E-state index in [1.54, 1.807) is 4.90 Å². The maximum Gasteiger partial charge on any atom is 0.249 e. The molecule has 166 valence electrons. The second kappa shape index (κ2) is 8.60. The highest BCUT2D eigenvalue weighted by atomic mass is 32.2. The molecule has 0 spiro atoms. The van der Waals surface area contributed by atoms with Gasteiger partial charge in [0.1, 0.15) is 23.5 Å². The lowest BCUT2D eigenvalue weighted by atomic mass is 10.0. The molecule has 0 radical (unpaired) electrons. The largest absolute Gasteiger partial charge is 0.352 e. The molecular weight excluding hydrogens is 431 g/mol. The predicted octanol–water partition coefficient (Wildman–Crippen LogP) is 2.43. The van der Waals surface area contributed by atoms with Gasteiger partial charge in [-0.1, -0.05) is 18.2 Å². The lowest BCUT2D eigenvalue weighted by Gasteiger charge is -2.38. The molecule has 6 nitrogen and oxygen atoms in total. The van der Waals surface area contributed by atoms with Crippen molar-refractivity contribution >= 4 is 15.9 Å². The van der Waals surface area contributed by atoms with Gasteiger partial charge in [0.2, 0.25) is 15.9 Å². The highest BCUT2D eigenvalue weighted by Crippen LogP contribution is 2.28. The van der Waals surface area contributed by atoms with Crippen molar-refractivity contribution in [2.45, 2.75) is 29.8 Å². The molecule has 2 aliphatic rings. The van der Waals surface area contributed by atoms with Crippen molar-refractivity contribution in [3.63, 3.8) is 0 Å². The summed E-state index contributed by atoms with van der Waals surface area (Å²) < 4.78 is 68.1. The quantitative estimate of drug-likeness (QED) is 0.730. The van der Waals surface area contributed by atoms with Crippen LogP contribution < -0.4 is 5.32 Å². The molecule has 1 unspecified atom stereocenters. The van der Waals surface area contributed by atoms with Crippen molar-refractivity contribution in [1.29, 1.82) is 0 Å². The van der Waals surface area contributed by atoms with Crippen molar-refractivity contribution in [1.82, 2.24) is 14.5 Å². The number of piperazine rings is 1. The van der Waals surface area contributed by atoms with Gasteiger partial charge in [-0.25, -0.2) is 21.6 Å². The van der Waals surface area contributed by atoms with E-state index in [9.17, 15) is 26.4 Å². The zero-order chi connectivity index (χ0) is 22.2. The highest BCUT2D eigenvalue weighted by Gasteiger charge is 2.37. The van der Waals surface area contributed by atoms with Crippen molar-refractivity contribution in [2.24, 2.45) is 0 Å². The minimum atomic E-state index is -4.37. The van der Waals surface area contributed by atoms with E-state index >= 15 is 0 Å². The molecule has 1 saturated carbocycles. The van der Waals surface area contributed by atoms with E-state index in [0.717, 1.165) is 35.3 Å². The summed E-state index contributed by atoms with van der Waals surface area (Å²) in [6.45, 7) is 0.278. The fraction of sp³-hybridized carbons (Fsp3) is 0.381. The smallest absolute Gasteiger partial charge is 0.249 e. The Morgan fingerprint density at radius 3 is 2.06 bits per heavy atom. The molecule has 1 heterocycles. The van der Waals surface area contributed by atoms with Crippen LogP contribution in [0.1, 0.15) is 24.4 Å². The van der Waals surface area contributed by atoms with Gasteiger partial charge in [0.15, 0.2) is 4.90 Å². The van der Waals surface area contributed by atoms with E-state index < -0.39 is 38.4 Å². The minimum Gasteiger partial charge on any atom is -0.352 e. The van der Waals surface area contributed by atoms with Gasteiger partial charge >= 0.3 is 0 Å². The van der Waals surface area contributed by atoms with Crippen molar-refractivity contribution in [3.05, 3.63) is 65.5 Å². The topological polar surface area (TPSA) is 69.7 Å². The van der Waals surface area contributed by atoms with Crippen LogP contribution in [0.5, 0.6) is 0 Å². The van der Waals surface area contributed by atoms with Crippen LogP contribution in [-0.2, 0) is 14.8 Å². The van der Waals surface area contributed by atoms with Crippen molar-refractivity contribution < 1.29 is 26.4 Å². The number of nitrogens with zero attached hydrogens (tertiary/aromatic N) is 2. The molecule has 1 amide bonds. The van der Waals surface area contributed by atoms with E-state index in [1.807, 2.05) is 0 Å². The van der Waals surface area contributed by atoms with Crippen LogP contribution in [0.15, 0.2) is 47.4 Å². The number of amides is 1. The minimum absolute atomic E-state index is 0.0372. The van der Waals surface area contributed by atoms with Gasteiger partial charge in [-0.3, -0.25) is 9.69 Å². The third-order valence-electron chi connectivity index (χ3n) is 5.51. The third kappa shape index (κ3) is 4.60. The Bertz CT molecular complexity index is 1050. The van der Waals surface area contributed by atoms with E-state index in [-0.39, 0.29) is 38.1 Å².